The molecule has 0 saturated carbocycles. The third-order valence-corrected chi connectivity index (χ3v) is 5.64. The fourth-order valence-electron chi connectivity index (χ4n) is 4.45. The second kappa shape index (κ2) is 7.65. The van der Waals surface area contributed by atoms with Crippen LogP contribution in [0.25, 0.3) is 0 Å². The van der Waals surface area contributed by atoms with Gasteiger partial charge in [-0.2, -0.15) is 0 Å². The molecule has 25 heavy (non-hydrogen) atoms. The van der Waals surface area contributed by atoms with Crippen molar-refractivity contribution >= 4 is 35.8 Å². The summed E-state index contributed by atoms with van der Waals surface area (Å²) in [5.41, 5.74) is 1.03. The van der Waals surface area contributed by atoms with Crippen molar-refractivity contribution in [3.63, 3.8) is 0 Å². The fourth-order valence-corrected chi connectivity index (χ4v) is 4.45. The number of likely N-dealkylation sites (tertiary alicyclic amines) is 1. The van der Waals surface area contributed by atoms with Crippen LogP contribution in [0.15, 0.2) is 23.2 Å². The zero-order valence-electron chi connectivity index (χ0n) is 15.2. The first-order valence-electron chi connectivity index (χ1n) is 8.90. The van der Waals surface area contributed by atoms with Crippen molar-refractivity contribution in [2.45, 2.75) is 31.6 Å². The minimum atomic E-state index is 0. The number of guanidine groups is 1. The van der Waals surface area contributed by atoms with E-state index in [0.29, 0.717) is 30.6 Å². The highest BCUT2D eigenvalue weighted by atomic mass is 127. The highest BCUT2D eigenvalue weighted by Gasteiger charge is 2.53. The summed E-state index contributed by atoms with van der Waals surface area (Å²) in [7, 11) is 5.89. The van der Waals surface area contributed by atoms with Crippen LogP contribution in [-0.2, 0) is 11.3 Å². The summed E-state index contributed by atoms with van der Waals surface area (Å²) in [5.74, 6) is 3.35. The molecule has 1 N–H and O–H groups in total. The number of halogens is 1. The third-order valence-electron chi connectivity index (χ3n) is 5.64. The summed E-state index contributed by atoms with van der Waals surface area (Å²) >= 11 is 0. The molecule has 4 unspecified atom stereocenters. The van der Waals surface area contributed by atoms with Crippen LogP contribution in [0, 0.1) is 11.8 Å². The van der Waals surface area contributed by atoms with Crippen molar-refractivity contribution in [2.75, 3.05) is 39.1 Å². The number of hydrogen-bond acceptors (Lipinski definition) is 4. The number of hydrogen-bond donors (Lipinski definition) is 1. The van der Waals surface area contributed by atoms with Gasteiger partial charge in [0.2, 0.25) is 0 Å². The number of nitrogens with zero attached hydrogens (tertiary/aromatic N) is 4. The standard InChI is InChI=1S/C18H27N5O.HI/c1-19-18(20-9-12-5-4-6-17(21-12)22(2)3)23-10-13-14(11-23)16-8-7-15(13)24-16;/h4-6,13-16H,7-11H2,1-3H3,(H,19,20);1H. The largest absolute Gasteiger partial charge is 0.374 e. The Morgan fingerprint density at radius 2 is 1.96 bits per heavy atom. The molecule has 3 aliphatic rings. The molecule has 4 rings (SSSR count). The van der Waals surface area contributed by atoms with E-state index in [1.807, 2.05) is 32.1 Å². The third kappa shape index (κ3) is 3.58. The van der Waals surface area contributed by atoms with Crippen molar-refractivity contribution in [2.24, 2.45) is 16.8 Å². The highest BCUT2D eigenvalue weighted by molar-refractivity contribution is 14.0. The summed E-state index contributed by atoms with van der Waals surface area (Å²) < 4.78 is 6.06. The SMILES string of the molecule is CN=C(NCc1cccc(N(C)C)n1)N1CC2C3CCC(O3)C2C1.I. The summed E-state index contributed by atoms with van der Waals surface area (Å²) in [6.07, 6.45) is 3.46. The molecule has 4 heterocycles. The maximum Gasteiger partial charge on any atom is 0.193 e. The Labute approximate surface area is 167 Å². The lowest BCUT2D eigenvalue weighted by Crippen LogP contribution is -2.41. The van der Waals surface area contributed by atoms with Gasteiger partial charge in [-0.1, -0.05) is 6.07 Å². The van der Waals surface area contributed by atoms with Crippen LogP contribution in [-0.4, -0.2) is 62.3 Å². The highest BCUT2D eigenvalue weighted by Crippen LogP contribution is 2.47. The maximum absolute atomic E-state index is 6.06. The monoisotopic (exact) mass is 457 g/mol. The van der Waals surface area contributed by atoms with Crippen LogP contribution in [0.2, 0.25) is 0 Å². The Kier molecular flexibility index (Phi) is 5.72. The summed E-state index contributed by atoms with van der Waals surface area (Å²) in [6.45, 7) is 2.83. The zero-order valence-corrected chi connectivity index (χ0v) is 17.5. The number of pyridine rings is 1. The van der Waals surface area contributed by atoms with Crippen molar-refractivity contribution in [3.05, 3.63) is 23.9 Å². The second-order valence-corrected chi connectivity index (χ2v) is 7.31. The number of aromatic nitrogens is 1. The van der Waals surface area contributed by atoms with Gasteiger partial charge in [0.1, 0.15) is 5.82 Å². The van der Waals surface area contributed by atoms with Crippen molar-refractivity contribution in [3.8, 4) is 0 Å². The lowest BCUT2D eigenvalue weighted by Gasteiger charge is -2.23. The van der Waals surface area contributed by atoms with Gasteiger partial charge < -0.3 is 19.9 Å². The molecule has 0 radical (unpaired) electrons. The molecule has 0 amide bonds. The summed E-state index contributed by atoms with van der Waals surface area (Å²) in [4.78, 5) is 13.6. The van der Waals surface area contributed by atoms with E-state index in [1.165, 1.54) is 12.8 Å². The Morgan fingerprint density at radius 3 is 2.56 bits per heavy atom. The first-order valence-corrected chi connectivity index (χ1v) is 8.90. The van der Waals surface area contributed by atoms with Gasteiger partial charge in [-0.3, -0.25) is 4.99 Å². The fraction of sp³-hybridized carbons (Fsp3) is 0.667. The van der Waals surface area contributed by atoms with Crippen LogP contribution in [0.3, 0.4) is 0 Å². The van der Waals surface area contributed by atoms with Crippen LogP contribution >= 0.6 is 24.0 Å². The molecule has 1 aromatic heterocycles. The molecule has 0 aromatic carbocycles. The molecule has 7 heteroatoms. The van der Waals surface area contributed by atoms with E-state index < -0.39 is 0 Å². The normalized spacial score (nSPS) is 30.2. The van der Waals surface area contributed by atoms with E-state index in [0.717, 1.165) is 30.6 Å². The van der Waals surface area contributed by atoms with E-state index in [2.05, 4.69) is 32.3 Å². The van der Waals surface area contributed by atoms with Gasteiger partial charge in [0, 0.05) is 46.1 Å². The zero-order chi connectivity index (χ0) is 16.7. The lowest BCUT2D eigenvalue weighted by molar-refractivity contribution is 0.0767. The van der Waals surface area contributed by atoms with E-state index in [-0.39, 0.29) is 24.0 Å². The molecule has 3 fully saturated rings. The van der Waals surface area contributed by atoms with Gasteiger partial charge in [-0.25, -0.2) is 4.98 Å². The van der Waals surface area contributed by atoms with Crippen LogP contribution < -0.4 is 10.2 Å². The first kappa shape index (κ1) is 18.7. The predicted octanol–water partition coefficient (Wildman–Crippen LogP) is 1.95. The minimum Gasteiger partial charge on any atom is -0.374 e. The van der Waals surface area contributed by atoms with Crippen LogP contribution in [0.4, 0.5) is 5.82 Å². The number of aliphatic imine (C=N–C) groups is 1. The number of anilines is 1. The molecule has 3 saturated heterocycles. The Morgan fingerprint density at radius 1 is 1.28 bits per heavy atom. The van der Waals surface area contributed by atoms with Gasteiger partial charge in [0.15, 0.2) is 5.96 Å². The van der Waals surface area contributed by atoms with Gasteiger partial charge in [-0.15, -0.1) is 24.0 Å². The smallest absolute Gasteiger partial charge is 0.193 e. The number of ether oxygens (including phenoxy) is 1. The Balaban J connectivity index is 0.00000182. The molecular weight excluding hydrogens is 429 g/mol. The first-order chi connectivity index (χ1) is 11.7. The van der Waals surface area contributed by atoms with Gasteiger partial charge in [0.05, 0.1) is 24.4 Å². The van der Waals surface area contributed by atoms with Gasteiger partial charge in [0.25, 0.3) is 0 Å². The molecule has 0 spiro atoms. The molecule has 6 nitrogen and oxygen atoms in total. The number of rotatable bonds is 3. The van der Waals surface area contributed by atoms with Crippen molar-refractivity contribution < 1.29 is 4.74 Å². The van der Waals surface area contributed by atoms with E-state index >= 15 is 0 Å². The molecule has 4 atom stereocenters. The average Bonchev–Trinajstić information content (AvgIpc) is 3.28. The van der Waals surface area contributed by atoms with Crippen LogP contribution in [0.5, 0.6) is 0 Å². The quantitative estimate of drug-likeness (QED) is 0.428. The molecule has 3 aliphatic heterocycles. The van der Waals surface area contributed by atoms with Gasteiger partial charge in [-0.05, 0) is 25.0 Å². The Hall–Kier alpha value is -1.09. The number of nitrogens with one attached hydrogen (secondary N) is 1. The Bertz CT molecular complexity index is 620. The molecule has 2 bridgehead atoms. The minimum absolute atomic E-state index is 0. The summed E-state index contributed by atoms with van der Waals surface area (Å²) in [5, 5.41) is 3.49. The molecule has 1 aromatic rings. The topological polar surface area (TPSA) is 53.0 Å². The maximum atomic E-state index is 6.06. The predicted molar refractivity (Wildman–Crippen MR) is 111 cm³/mol. The second-order valence-electron chi connectivity index (χ2n) is 7.31. The summed E-state index contributed by atoms with van der Waals surface area (Å²) in [6, 6.07) is 6.13. The van der Waals surface area contributed by atoms with Gasteiger partial charge >= 0.3 is 0 Å². The van der Waals surface area contributed by atoms with Crippen LogP contribution in [0.1, 0.15) is 18.5 Å². The van der Waals surface area contributed by atoms with E-state index in [1.54, 1.807) is 0 Å². The average molecular weight is 457 g/mol. The van der Waals surface area contributed by atoms with E-state index in [9.17, 15) is 0 Å². The van der Waals surface area contributed by atoms with E-state index in [4.69, 9.17) is 4.74 Å². The number of fused-ring (bicyclic) bond motifs is 5. The molecule has 0 aliphatic carbocycles. The molecular formula is C18H28IN5O. The van der Waals surface area contributed by atoms with Crippen molar-refractivity contribution in [1.29, 1.82) is 0 Å². The van der Waals surface area contributed by atoms with Crippen molar-refractivity contribution in [1.82, 2.24) is 15.2 Å². The lowest BCUT2D eigenvalue weighted by atomic mass is 9.82. The molecule has 138 valence electrons.